The first-order valence-electron chi connectivity index (χ1n) is 52.5. The molecular weight excluding hydrogens is 1940 g/mol. The lowest BCUT2D eigenvalue weighted by Crippen LogP contribution is -2.72. The van der Waals surface area contributed by atoms with Crippen LogP contribution in [0.15, 0.2) is 12.2 Å². The number of amides is 4. The minimum absolute atomic E-state index is 0.0863. The predicted molar refractivity (Wildman–Crippen MR) is 505 cm³/mol. The van der Waals surface area contributed by atoms with Gasteiger partial charge in [0, 0.05) is 33.6 Å². The number of carbonyl (C=O) groups is 5. The Hall–Kier alpha value is -4.47. The minimum Gasteiger partial charge on any atom is -0.477 e. The Morgan fingerprint density at radius 3 is 1.21 bits per heavy atom. The van der Waals surface area contributed by atoms with Crippen LogP contribution in [0.4, 0.5) is 0 Å². The summed E-state index contributed by atoms with van der Waals surface area (Å²) in [6.07, 6.45) is -44.5. The minimum atomic E-state index is -3.52. The highest BCUT2D eigenvalue weighted by atomic mass is 16.8. The molecule has 8 aliphatic heterocycles. The molecule has 28 N–H and O–H groups in total. The molecule has 4 amide bonds. The standard InChI is InChI=1S/C97H172N4O45/c1-7-9-11-13-15-17-19-21-22-23-24-25-26-28-30-32-34-36-38-40-64(115)101-54(55(112)39-37-35-33-31-29-27-20-18-16-14-12-10-8-2)49-131-91-78(126)75(123)81(61(46-106)137-91)139-95-80(128)88(146-97(96(129)130)41-56(113)65(98-51(4)109)85(145-97)69(117)57(114)42-102)83(63(48-108)138-95)140-89-66(99-52(5)110)84(71(119)59(44-104)133-89)142-94-79(127)87(72(120)60(45-105)135-94)144-90-67(100-53(6)111)86(143-92-76(124)73(121)68(116)50(3)132-92)82(62(47-107)136-90)141-93-77(125)74(122)70(118)58(43-103)134-93/h37,39,50,54-63,65-95,102-108,112-114,116-128H,7-36,38,40-49H2,1-6H3,(H,98,109)(H,99,110)(H,100,111)(H,101,115)(H,129,130)/b39-37+/t50?,54-,55+,56?,57+,58?,59?,60?,61?,62?,63?,65+,66?,67?,68+,69+,70-,71-,72-,73?,74-,75+,76-,77?,78?,79?,80?,81+,82+,83-,84+,85?,86+,87-,88+,89-,90-,91+,92+,93-,94-,95-,97-/m0/s1. The summed E-state index contributed by atoms with van der Waals surface area (Å²) in [4.78, 5) is 68.0. The van der Waals surface area contributed by atoms with Crippen molar-refractivity contribution in [2.45, 2.75) is 517 Å². The SMILES string of the molecule is CCCCCCCCCCCCC/C=C/[C@@H](O)[C@H](CO[C@@H]1OC(CO)[C@@H](O[C@@H]2OC(CO)[C@H](O[C@@H]3OC(CO)[C@H](O)[C@H](O[C@@H]4OC(CO)[C@H](O)[C@H](O[C@@H]5OC(CO)[C@@H](O[C@@H]6OC(CO)[C@H](O)[C@H](O)C6O)[C@H](O[C@H]6OC(C)[C@@H](O)C(O)[C@@H]6O)C5NC(C)=O)C4O)C3NC(C)=O)[C@H](O[C@]3(C(=O)O)CC(O)[C@@H](NC(C)=O)C([C@H](O)[C@H](O)CO)O3)C2O)[C@H](O)C1O)NC(=O)CCCCCCCCCCCCCCCCCCCCC. The predicted octanol–water partition coefficient (Wildman–Crippen LogP) is -4.84. The molecule has 0 saturated carbocycles. The topological polar surface area (TPSA) is 767 Å². The number of allylic oxidation sites excluding steroid dienone is 1. The molecule has 0 bridgehead atoms. The number of ether oxygens (including phenoxy) is 16. The van der Waals surface area contributed by atoms with Crippen molar-refractivity contribution in [3.63, 3.8) is 0 Å². The Morgan fingerprint density at radius 2 is 0.726 bits per heavy atom. The van der Waals surface area contributed by atoms with Crippen molar-refractivity contribution in [2.24, 2.45) is 0 Å². The van der Waals surface area contributed by atoms with E-state index in [0.717, 1.165) is 85.0 Å². The first kappa shape index (κ1) is 127. The second-order valence-electron chi connectivity index (χ2n) is 39.8. The van der Waals surface area contributed by atoms with E-state index in [0.29, 0.717) is 12.8 Å². The van der Waals surface area contributed by atoms with Crippen molar-refractivity contribution in [3.8, 4) is 0 Å². The maximum Gasteiger partial charge on any atom is 0.364 e. The Morgan fingerprint density at radius 1 is 0.370 bits per heavy atom. The van der Waals surface area contributed by atoms with Gasteiger partial charge in [-0.15, -0.1) is 0 Å². The molecular formula is C97H172N4O45. The second-order valence-corrected chi connectivity index (χ2v) is 39.8. The van der Waals surface area contributed by atoms with Gasteiger partial charge < -0.3 is 220 Å². The fourth-order valence-corrected chi connectivity index (χ4v) is 19.8. The normalized spacial score (nSPS) is 38.1. The fraction of sp³-hybridized carbons (Fsp3) is 0.928. The molecule has 49 heteroatoms. The fourth-order valence-electron chi connectivity index (χ4n) is 19.8. The highest BCUT2D eigenvalue weighted by Gasteiger charge is 2.64. The van der Waals surface area contributed by atoms with E-state index in [9.17, 15) is 147 Å². The van der Waals surface area contributed by atoms with Crippen LogP contribution in [0, 0.1) is 0 Å². The van der Waals surface area contributed by atoms with Gasteiger partial charge >= 0.3 is 5.97 Å². The van der Waals surface area contributed by atoms with Crippen LogP contribution in [0.25, 0.3) is 0 Å². The van der Waals surface area contributed by atoms with Gasteiger partial charge in [-0.25, -0.2) is 4.79 Å². The molecule has 8 fully saturated rings. The van der Waals surface area contributed by atoms with Gasteiger partial charge in [0.15, 0.2) is 44.0 Å². The van der Waals surface area contributed by atoms with Gasteiger partial charge in [-0.2, -0.15) is 0 Å². The molecule has 0 aromatic rings. The van der Waals surface area contributed by atoms with E-state index in [4.69, 9.17) is 75.8 Å². The van der Waals surface area contributed by atoms with Crippen molar-refractivity contribution in [3.05, 3.63) is 12.2 Å². The van der Waals surface area contributed by atoms with Crippen LogP contribution < -0.4 is 21.3 Å². The van der Waals surface area contributed by atoms with Crippen molar-refractivity contribution in [1.29, 1.82) is 0 Å². The highest BCUT2D eigenvalue weighted by Crippen LogP contribution is 2.44. The van der Waals surface area contributed by atoms with E-state index in [2.05, 4.69) is 35.1 Å². The van der Waals surface area contributed by atoms with E-state index >= 15 is 0 Å². The average Bonchev–Trinajstić information content (AvgIpc) is 0.741. The molecule has 49 nitrogen and oxygen atoms in total. The van der Waals surface area contributed by atoms with E-state index in [1.807, 2.05) is 0 Å². The smallest absolute Gasteiger partial charge is 0.364 e. The van der Waals surface area contributed by atoms with Gasteiger partial charge in [0.25, 0.3) is 5.79 Å². The number of hydrogen-bond donors (Lipinski definition) is 28. The molecule has 8 heterocycles. The van der Waals surface area contributed by atoms with Crippen molar-refractivity contribution >= 4 is 29.6 Å². The van der Waals surface area contributed by atoms with Crippen LogP contribution in [-0.4, -0.2) is 468 Å². The number of aliphatic carboxylic acids is 1. The van der Waals surface area contributed by atoms with Crippen molar-refractivity contribution in [2.75, 3.05) is 52.9 Å². The molecule has 16 unspecified atom stereocenters. The van der Waals surface area contributed by atoms with Crippen LogP contribution in [0.3, 0.4) is 0 Å². The number of aliphatic hydroxyl groups excluding tert-OH is 23. The zero-order chi connectivity index (χ0) is 107. The number of carbonyl (C=O) groups excluding carboxylic acids is 4. The number of unbranched alkanes of at least 4 members (excludes halogenated alkanes) is 29. The first-order valence-corrected chi connectivity index (χ1v) is 52.5. The van der Waals surface area contributed by atoms with Gasteiger partial charge in [-0.1, -0.05) is 206 Å². The van der Waals surface area contributed by atoms with E-state index in [1.54, 1.807) is 6.08 Å². The monoisotopic (exact) mass is 2110 g/mol. The molecule has 8 saturated heterocycles. The summed E-state index contributed by atoms with van der Waals surface area (Å²) in [5.41, 5.74) is 0. The molecule has 146 heavy (non-hydrogen) atoms. The Kier molecular flexibility index (Phi) is 56.2. The Labute approximate surface area is 851 Å². The van der Waals surface area contributed by atoms with Gasteiger partial charge in [0.2, 0.25) is 23.6 Å². The third-order valence-corrected chi connectivity index (χ3v) is 28.3. The maximum atomic E-state index is 14.2. The summed E-state index contributed by atoms with van der Waals surface area (Å²) in [7, 11) is 0. The van der Waals surface area contributed by atoms with Gasteiger partial charge in [0.1, 0.15) is 183 Å². The van der Waals surface area contributed by atoms with E-state index < -0.39 is 352 Å². The van der Waals surface area contributed by atoms with Gasteiger partial charge in [0.05, 0.1) is 83.3 Å². The summed E-state index contributed by atoms with van der Waals surface area (Å²) in [6.45, 7) is -0.598. The highest BCUT2D eigenvalue weighted by molar-refractivity contribution is 5.77. The van der Waals surface area contributed by atoms with Crippen LogP contribution in [0.2, 0.25) is 0 Å². The summed E-state index contributed by atoms with van der Waals surface area (Å²) >= 11 is 0. The zero-order valence-corrected chi connectivity index (χ0v) is 84.7. The van der Waals surface area contributed by atoms with E-state index in [1.165, 1.54) is 135 Å². The van der Waals surface area contributed by atoms with Crippen LogP contribution in [0.1, 0.15) is 253 Å². The van der Waals surface area contributed by atoms with Gasteiger partial charge in [-0.3, -0.25) is 19.2 Å². The molecule has 8 rings (SSSR count). The maximum absolute atomic E-state index is 14.2. The average molecular weight is 2110 g/mol. The van der Waals surface area contributed by atoms with Crippen molar-refractivity contribution in [1.82, 2.24) is 21.3 Å². The van der Waals surface area contributed by atoms with Crippen LogP contribution in [-0.2, 0) is 99.8 Å². The molecule has 0 radical (unpaired) electrons. The number of aliphatic hydroxyl groups is 23. The molecule has 0 aromatic heterocycles. The molecule has 8 aliphatic rings. The molecule has 0 aliphatic carbocycles. The second kappa shape index (κ2) is 64.8. The van der Waals surface area contributed by atoms with Gasteiger partial charge in [-0.05, 0) is 26.2 Å². The molecule has 850 valence electrons. The van der Waals surface area contributed by atoms with Crippen LogP contribution in [0.5, 0.6) is 0 Å². The van der Waals surface area contributed by atoms with Crippen molar-refractivity contribution < 1.29 is 222 Å². The quantitative estimate of drug-likeness (QED) is 0.0201. The number of rotatable bonds is 65. The number of carboxylic acids is 1. The summed E-state index contributed by atoms with van der Waals surface area (Å²) in [5, 5.41) is 284. The largest absolute Gasteiger partial charge is 0.477 e. The summed E-state index contributed by atoms with van der Waals surface area (Å²) < 4.78 is 97.9. The lowest BCUT2D eigenvalue weighted by atomic mass is 9.88. The third kappa shape index (κ3) is 36.3. The first-order chi connectivity index (χ1) is 69.8. The summed E-state index contributed by atoms with van der Waals surface area (Å²) in [5.74, 6) is -9.17. The summed E-state index contributed by atoms with van der Waals surface area (Å²) in [6, 6.07) is -7.23. The number of carboxylic acid groups (broad SMARTS) is 1. The Balaban J connectivity index is 1.05. The molecule has 43 atom stereocenters. The molecule has 0 aromatic carbocycles. The third-order valence-electron chi connectivity index (χ3n) is 28.3. The van der Waals surface area contributed by atoms with E-state index in [-0.39, 0.29) is 6.42 Å². The lowest BCUT2D eigenvalue weighted by Gasteiger charge is -2.53. The number of nitrogens with one attached hydrogen (secondary N) is 4. The molecule has 0 spiro atoms. The number of hydrogen-bond acceptors (Lipinski definition) is 44. The zero-order valence-electron chi connectivity index (χ0n) is 84.7. The van der Waals surface area contributed by atoms with Crippen LogP contribution >= 0.6 is 0 Å². The lowest BCUT2D eigenvalue weighted by molar-refractivity contribution is -0.405. The Bertz CT molecular complexity index is 3700.